The molecule has 5 aliphatic carbocycles. The van der Waals surface area contributed by atoms with Crippen LogP contribution in [0.1, 0.15) is 95.1 Å². The number of nitrogens with zero attached hydrogens (tertiary/aromatic N) is 2. The maximum absolute atomic E-state index is 2.82. The molecule has 2 nitrogen and oxygen atoms in total. The number of benzene rings is 8. The molecule has 0 saturated heterocycles. The number of hydrogen-bond acceptors (Lipinski definition) is 2. The Bertz CT molecular complexity index is 3860. The summed E-state index contributed by atoms with van der Waals surface area (Å²) in [6.45, 7) is 2.49. The van der Waals surface area contributed by atoms with Crippen LogP contribution in [0, 0.1) is 29.6 Å². The largest absolute Gasteiger partial charge is 0.376 e. The van der Waals surface area contributed by atoms with Gasteiger partial charge >= 0.3 is 6.85 Å². The zero-order valence-electron chi connectivity index (χ0n) is 40.2. The van der Waals surface area contributed by atoms with Crippen molar-refractivity contribution in [2.75, 3.05) is 4.81 Å². The third-order valence-electron chi connectivity index (χ3n) is 20.5. The molecule has 5 bridgehead atoms. The normalized spacial score (nSPS) is 26.8. The molecule has 17 rings (SSSR count). The highest BCUT2D eigenvalue weighted by Crippen LogP contribution is 2.62. The van der Waals surface area contributed by atoms with Crippen LogP contribution in [0.4, 0.5) is 11.4 Å². The monoisotopic (exact) mass is 920 g/mol. The van der Waals surface area contributed by atoms with Crippen molar-refractivity contribution in [2.45, 2.75) is 94.8 Å². The van der Waals surface area contributed by atoms with Crippen molar-refractivity contribution in [2.24, 2.45) is 29.6 Å². The molecule has 0 spiro atoms. The van der Waals surface area contributed by atoms with Gasteiger partial charge in [0.1, 0.15) is 0 Å². The number of hydrogen-bond donors (Lipinski definition) is 0. The number of aromatic nitrogens is 1. The Morgan fingerprint density at radius 3 is 2.19 bits per heavy atom. The summed E-state index contributed by atoms with van der Waals surface area (Å²) in [6, 6.07) is 60.2. The summed E-state index contributed by atoms with van der Waals surface area (Å²) in [6.07, 6.45) is 16.7. The van der Waals surface area contributed by atoms with Crippen LogP contribution in [0.2, 0.25) is 0 Å². The molecular formula is C66H57BN2S. The Hall–Kier alpha value is -6.10. The summed E-state index contributed by atoms with van der Waals surface area (Å²) in [7, 11) is 0. The molecular weight excluding hydrogens is 864 g/mol. The van der Waals surface area contributed by atoms with E-state index in [1.165, 1.54) is 180 Å². The van der Waals surface area contributed by atoms with Crippen molar-refractivity contribution in [3.63, 3.8) is 0 Å². The predicted octanol–water partition coefficient (Wildman–Crippen LogP) is 16.5. The molecule has 6 atom stereocenters. The van der Waals surface area contributed by atoms with E-state index >= 15 is 0 Å². The van der Waals surface area contributed by atoms with Crippen molar-refractivity contribution in [3.8, 4) is 27.9 Å². The minimum absolute atomic E-state index is 0.0152. The summed E-state index contributed by atoms with van der Waals surface area (Å²) < 4.78 is 5.58. The first kappa shape index (κ1) is 39.6. The summed E-state index contributed by atoms with van der Waals surface area (Å²) in [4.78, 5) is 2.80. The molecule has 0 N–H and O–H groups in total. The highest BCUT2D eigenvalue weighted by molar-refractivity contribution is 7.26. The number of anilines is 2. The van der Waals surface area contributed by atoms with Crippen LogP contribution >= 0.6 is 11.3 Å². The average molecular weight is 921 g/mol. The first-order valence-electron chi connectivity index (χ1n) is 27.1. The van der Waals surface area contributed by atoms with Crippen molar-refractivity contribution in [3.05, 3.63) is 163 Å². The summed E-state index contributed by atoms with van der Waals surface area (Å²) in [5.41, 5.74) is 18.8. The van der Waals surface area contributed by atoms with E-state index in [1.807, 2.05) is 11.3 Å². The number of thiophene rings is 1. The van der Waals surface area contributed by atoms with Crippen molar-refractivity contribution in [1.29, 1.82) is 0 Å². The van der Waals surface area contributed by atoms with Crippen LogP contribution in [0.5, 0.6) is 0 Å². The van der Waals surface area contributed by atoms with E-state index in [1.54, 1.807) is 11.1 Å². The van der Waals surface area contributed by atoms with Crippen molar-refractivity contribution >= 4 is 93.2 Å². The predicted molar refractivity (Wildman–Crippen MR) is 298 cm³/mol. The molecule has 4 heteroatoms. The number of fused-ring (bicyclic) bond motifs is 16. The van der Waals surface area contributed by atoms with E-state index in [-0.39, 0.29) is 17.7 Å². The summed E-state index contributed by atoms with van der Waals surface area (Å²) in [5.74, 6) is 4.48. The second-order valence-electron chi connectivity index (χ2n) is 23.8. The van der Waals surface area contributed by atoms with Gasteiger partial charge in [0.2, 0.25) is 0 Å². The lowest BCUT2D eigenvalue weighted by Gasteiger charge is -2.47. The lowest BCUT2D eigenvalue weighted by molar-refractivity contribution is 0.139. The van der Waals surface area contributed by atoms with Crippen molar-refractivity contribution < 1.29 is 0 Å². The lowest BCUT2D eigenvalue weighted by atomic mass is 9.43. The fraction of sp³-hybridized carbons (Fsp3) is 0.303. The third-order valence-corrected chi connectivity index (χ3v) is 21.7. The Balaban J connectivity index is 1.01. The fourth-order valence-corrected chi connectivity index (χ4v) is 18.8. The first-order chi connectivity index (χ1) is 34.5. The second-order valence-corrected chi connectivity index (χ2v) is 24.8. The molecule has 6 unspecified atom stereocenters. The van der Waals surface area contributed by atoms with E-state index in [2.05, 4.69) is 168 Å². The van der Waals surface area contributed by atoms with Gasteiger partial charge < -0.3 is 9.38 Å². The molecule has 70 heavy (non-hydrogen) atoms. The zero-order valence-corrected chi connectivity index (χ0v) is 41.0. The maximum Gasteiger partial charge on any atom is 0.333 e. The smallest absolute Gasteiger partial charge is 0.333 e. The fourth-order valence-electron chi connectivity index (χ4n) is 17.5. The molecule has 5 fully saturated rings. The molecule has 0 radical (unpaired) electrons. The minimum Gasteiger partial charge on any atom is -0.376 e. The number of rotatable bonds is 5. The van der Waals surface area contributed by atoms with Crippen molar-refractivity contribution in [1.82, 2.24) is 4.57 Å². The van der Waals surface area contributed by atoms with Crippen LogP contribution in [-0.4, -0.2) is 11.4 Å². The molecule has 10 aromatic rings. The van der Waals surface area contributed by atoms with Gasteiger partial charge in [-0.15, -0.1) is 11.3 Å². The van der Waals surface area contributed by atoms with Gasteiger partial charge in [-0.25, -0.2) is 0 Å². The zero-order chi connectivity index (χ0) is 45.6. The maximum atomic E-state index is 2.82. The lowest BCUT2D eigenvalue weighted by Crippen LogP contribution is -2.61. The Labute approximate surface area is 415 Å². The van der Waals surface area contributed by atoms with Gasteiger partial charge in [0.15, 0.2) is 0 Å². The van der Waals surface area contributed by atoms with Crippen LogP contribution < -0.4 is 15.7 Å². The Kier molecular flexibility index (Phi) is 7.96. The molecule has 340 valence electrons. The third kappa shape index (κ3) is 5.26. The quantitative estimate of drug-likeness (QED) is 0.156. The molecule has 0 amide bonds. The standard InChI is InChI=1S/C66H57BN2S/c1-2-65(35-39-16-17-40(26-39)36-65)48-20-23-57-52(31-48)53-32-49(66-25-24-46-27-41(37-66)28-47(46)38-66)33-56-63(53)68(57)59-34-54-51-14-8-9-15-60(51)70-64(54)61-55-29-44-12-6-7-13-45(44)30-58(55)69(67(56)62(59)61)50-21-18-43(19-22-50)42-10-4-3-5-11-42/h3-15,18-23,29-34,39-41,46-47H,2,16-17,24-28,35-38H2,1H3. The summed E-state index contributed by atoms with van der Waals surface area (Å²) in [5, 5.41) is 8.33. The molecule has 8 aromatic carbocycles. The minimum atomic E-state index is -0.0152. The van der Waals surface area contributed by atoms with Crippen LogP contribution in [0.15, 0.2) is 152 Å². The first-order valence-corrected chi connectivity index (χ1v) is 27.9. The molecule has 7 aliphatic rings. The highest BCUT2D eigenvalue weighted by Gasteiger charge is 2.54. The van der Waals surface area contributed by atoms with E-state index in [0.717, 1.165) is 29.6 Å². The van der Waals surface area contributed by atoms with Crippen LogP contribution in [0.3, 0.4) is 0 Å². The second kappa shape index (κ2) is 14.1. The van der Waals surface area contributed by atoms with Gasteiger partial charge in [-0.3, -0.25) is 0 Å². The van der Waals surface area contributed by atoms with Gasteiger partial charge in [-0.05, 0) is 203 Å². The topological polar surface area (TPSA) is 8.17 Å². The van der Waals surface area contributed by atoms with Gasteiger partial charge in [-0.2, -0.15) is 0 Å². The van der Waals surface area contributed by atoms with E-state index in [4.69, 9.17) is 0 Å². The van der Waals surface area contributed by atoms with E-state index in [9.17, 15) is 0 Å². The molecule has 2 aliphatic heterocycles. The average Bonchev–Trinajstić information content (AvgIpc) is 4.12. The van der Waals surface area contributed by atoms with E-state index < -0.39 is 0 Å². The van der Waals surface area contributed by atoms with Gasteiger partial charge in [0.05, 0.1) is 11.0 Å². The Morgan fingerprint density at radius 1 is 0.586 bits per heavy atom. The van der Waals surface area contributed by atoms with Gasteiger partial charge in [0, 0.05) is 59.1 Å². The van der Waals surface area contributed by atoms with E-state index in [0.29, 0.717) is 0 Å². The van der Waals surface area contributed by atoms with Gasteiger partial charge in [-0.1, -0.05) is 117 Å². The molecule has 4 heterocycles. The molecule has 5 saturated carbocycles. The summed E-state index contributed by atoms with van der Waals surface area (Å²) >= 11 is 2.01. The SMILES string of the molecule is CCC1(c2ccc3c(c2)c2cc(C45CCC6CC(CC6C4)C5)cc4c2n3-c2cc3c(sc5ccccc53)c3c2B4N(c2ccc(-c4ccccc4)cc2)c2cc4ccccc4cc2-3)CC2CCC(C2)C1. The Morgan fingerprint density at radius 2 is 1.34 bits per heavy atom. The van der Waals surface area contributed by atoms with Crippen LogP contribution in [-0.2, 0) is 10.8 Å². The highest BCUT2D eigenvalue weighted by atomic mass is 32.1. The van der Waals surface area contributed by atoms with Crippen LogP contribution in [0.25, 0.3) is 80.7 Å². The van der Waals surface area contributed by atoms with Gasteiger partial charge in [0.25, 0.3) is 0 Å². The molecule has 2 aromatic heterocycles.